The number of hydrogen-bond acceptors (Lipinski definition) is 3. The van der Waals surface area contributed by atoms with Gasteiger partial charge in [0.15, 0.2) is 0 Å². The van der Waals surface area contributed by atoms with Crippen LogP contribution in [0.5, 0.6) is 0 Å². The van der Waals surface area contributed by atoms with Crippen LogP contribution in [0, 0.1) is 5.92 Å². The third kappa shape index (κ3) is 2.03. The standard InChI is InChI=1S/C16H22N2O2/c1-16(2)12-8-10(4-5-13(12)18-15(16)19)14(17-3)11-6-7-20-9-11/h4-5,8,11,14,17H,6-7,9H2,1-3H3,(H,18,19). The van der Waals surface area contributed by atoms with Crippen LogP contribution in [0.4, 0.5) is 5.69 Å². The first-order chi connectivity index (χ1) is 9.54. The van der Waals surface area contributed by atoms with Crippen molar-refractivity contribution in [2.45, 2.75) is 31.7 Å². The van der Waals surface area contributed by atoms with Crippen molar-refractivity contribution in [1.82, 2.24) is 5.32 Å². The molecule has 2 atom stereocenters. The van der Waals surface area contributed by atoms with Crippen molar-refractivity contribution in [2.24, 2.45) is 5.92 Å². The maximum absolute atomic E-state index is 12.0. The molecular formula is C16H22N2O2. The Bertz CT molecular complexity index is 533. The topological polar surface area (TPSA) is 50.4 Å². The molecule has 4 heteroatoms. The third-order valence-corrected chi connectivity index (χ3v) is 4.64. The van der Waals surface area contributed by atoms with E-state index in [-0.39, 0.29) is 11.9 Å². The van der Waals surface area contributed by atoms with Crippen molar-refractivity contribution in [2.75, 3.05) is 25.6 Å². The van der Waals surface area contributed by atoms with Crippen LogP contribution in [0.1, 0.15) is 37.4 Å². The van der Waals surface area contributed by atoms with Crippen molar-refractivity contribution in [1.29, 1.82) is 0 Å². The van der Waals surface area contributed by atoms with E-state index in [2.05, 4.69) is 22.8 Å². The monoisotopic (exact) mass is 274 g/mol. The number of hydrogen-bond donors (Lipinski definition) is 2. The molecule has 0 spiro atoms. The zero-order valence-electron chi connectivity index (χ0n) is 12.3. The molecule has 3 rings (SSSR count). The Morgan fingerprint density at radius 2 is 2.25 bits per heavy atom. The highest BCUT2D eigenvalue weighted by molar-refractivity contribution is 6.05. The van der Waals surface area contributed by atoms with Crippen LogP contribution in [0.2, 0.25) is 0 Å². The smallest absolute Gasteiger partial charge is 0.234 e. The minimum absolute atomic E-state index is 0.0786. The Morgan fingerprint density at radius 3 is 2.90 bits per heavy atom. The lowest BCUT2D eigenvalue weighted by Crippen LogP contribution is -2.28. The molecule has 0 radical (unpaired) electrons. The Morgan fingerprint density at radius 1 is 1.45 bits per heavy atom. The van der Waals surface area contributed by atoms with Crippen LogP contribution in [0.3, 0.4) is 0 Å². The predicted octanol–water partition coefficient (Wildman–Crippen LogP) is 2.21. The predicted molar refractivity (Wildman–Crippen MR) is 78.8 cm³/mol. The molecule has 1 saturated heterocycles. The summed E-state index contributed by atoms with van der Waals surface area (Å²) in [6.45, 7) is 5.61. The van der Waals surface area contributed by atoms with Gasteiger partial charge < -0.3 is 15.4 Å². The normalized spacial score (nSPS) is 25.4. The number of amides is 1. The average molecular weight is 274 g/mol. The molecule has 1 aromatic rings. The second-order valence-corrected chi connectivity index (χ2v) is 6.27. The fourth-order valence-corrected chi connectivity index (χ4v) is 3.27. The van der Waals surface area contributed by atoms with E-state index < -0.39 is 5.41 Å². The first kappa shape index (κ1) is 13.6. The lowest BCUT2D eigenvalue weighted by molar-refractivity contribution is -0.119. The lowest BCUT2D eigenvalue weighted by Gasteiger charge is -2.24. The number of fused-ring (bicyclic) bond motifs is 1. The zero-order chi connectivity index (χ0) is 14.3. The first-order valence-corrected chi connectivity index (χ1v) is 7.25. The Labute approximate surface area is 119 Å². The van der Waals surface area contributed by atoms with Gasteiger partial charge in [0.25, 0.3) is 0 Å². The SMILES string of the molecule is CNC(c1ccc2c(c1)C(C)(C)C(=O)N2)C1CCOC1. The number of benzene rings is 1. The lowest BCUT2D eigenvalue weighted by atomic mass is 9.83. The average Bonchev–Trinajstić information content (AvgIpc) is 3.01. The van der Waals surface area contributed by atoms with Crippen molar-refractivity contribution < 1.29 is 9.53 Å². The summed E-state index contributed by atoms with van der Waals surface area (Å²) in [5, 5.41) is 6.36. The van der Waals surface area contributed by atoms with Gasteiger partial charge in [0.2, 0.25) is 5.91 Å². The summed E-state index contributed by atoms with van der Waals surface area (Å²) in [6, 6.07) is 6.60. The molecule has 0 saturated carbocycles. The third-order valence-electron chi connectivity index (χ3n) is 4.64. The van der Waals surface area contributed by atoms with Gasteiger partial charge in [0.05, 0.1) is 12.0 Å². The number of anilines is 1. The van der Waals surface area contributed by atoms with E-state index in [4.69, 9.17) is 4.74 Å². The molecule has 1 aromatic carbocycles. The van der Waals surface area contributed by atoms with Gasteiger partial charge in [-0.1, -0.05) is 12.1 Å². The molecule has 4 nitrogen and oxygen atoms in total. The van der Waals surface area contributed by atoms with Gasteiger partial charge in [-0.15, -0.1) is 0 Å². The van der Waals surface area contributed by atoms with Crippen LogP contribution < -0.4 is 10.6 Å². The van der Waals surface area contributed by atoms with Gasteiger partial charge in [0.1, 0.15) is 0 Å². The summed E-state index contributed by atoms with van der Waals surface area (Å²) in [5.74, 6) is 0.584. The minimum Gasteiger partial charge on any atom is -0.381 e. The van der Waals surface area contributed by atoms with Crippen molar-refractivity contribution in [3.63, 3.8) is 0 Å². The van der Waals surface area contributed by atoms with E-state index in [0.717, 1.165) is 30.9 Å². The summed E-state index contributed by atoms with van der Waals surface area (Å²) < 4.78 is 5.51. The van der Waals surface area contributed by atoms with Gasteiger partial charge in [0, 0.05) is 24.3 Å². The Kier molecular flexibility index (Phi) is 3.30. The zero-order valence-corrected chi connectivity index (χ0v) is 12.3. The van der Waals surface area contributed by atoms with Gasteiger partial charge >= 0.3 is 0 Å². The van der Waals surface area contributed by atoms with Crippen LogP contribution in [-0.4, -0.2) is 26.2 Å². The molecule has 20 heavy (non-hydrogen) atoms. The van der Waals surface area contributed by atoms with Crippen molar-refractivity contribution in [3.8, 4) is 0 Å². The molecule has 0 aromatic heterocycles. The fourth-order valence-electron chi connectivity index (χ4n) is 3.27. The molecule has 2 N–H and O–H groups in total. The molecule has 2 aliphatic rings. The summed E-state index contributed by atoms with van der Waals surface area (Å²) in [4.78, 5) is 12.0. The summed E-state index contributed by atoms with van der Waals surface area (Å²) in [6.07, 6.45) is 1.09. The van der Waals surface area contributed by atoms with Gasteiger partial charge in [-0.25, -0.2) is 0 Å². The largest absolute Gasteiger partial charge is 0.381 e. The molecule has 108 valence electrons. The van der Waals surface area contributed by atoms with Crippen molar-refractivity contribution in [3.05, 3.63) is 29.3 Å². The maximum atomic E-state index is 12.0. The summed E-state index contributed by atoms with van der Waals surface area (Å²) in [7, 11) is 1.99. The molecule has 2 aliphatic heterocycles. The van der Waals surface area contributed by atoms with E-state index in [1.165, 1.54) is 5.56 Å². The summed E-state index contributed by atoms with van der Waals surface area (Å²) in [5.41, 5.74) is 2.84. The second-order valence-electron chi connectivity index (χ2n) is 6.27. The van der Waals surface area contributed by atoms with Crippen molar-refractivity contribution >= 4 is 11.6 Å². The van der Waals surface area contributed by atoms with Crippen LogP contribution in [-0.2, 0) is 14.9 Å². The highest BCUT2D eigenvalue weighted by Crippen LogP contribution is 2.40. The highest BCUT2D eigenvalue weighted by atomic mass is 16.5. The van der Waals surface area contributed by atoms with Gasteiger partial charge in [-0.2, -0.15) is 0 Å². The molecule has 0 aliphatic carbocycles. The maximum Gasteiger partial charge on any atom is 0.234 e. The molecule has 1 amide bonds. The van der Waals surface area contributed by atoms with Gasteiger partial charge in [-0.3, -0.25) is 4.79 Å². The number of carbonyl (C=O) groups is 1. The fraction of sp³-hybridized carbons (Fsp3) is 0.562. The Hall–Kier alpha value is -1.39. The molecular weight excluding hydrogens is 252 g/mol. The Balaban J connectivity index is 1.96. The van der Waals surface area contributed by atoms with E-state index >= 15 is 0 Å². The number of rotatable bonds is 3. The van der Waals surface area contributed by atoms with E-state index in [0.29, 0.717) is 5.92 Å². The summed E-state index contributed by atoms with van der Waals surface area (Å²) >= 11 is 0. The van der Waals surface area contributed by atoms with Crippen LogP contribution in [0.15, 0.2) is 18.2 Å². The minimum atomic E-state index is -0.449. The second kappa shape index (κ2) is 4.86. The molecule has 2 unspecified atom stereocenters. The molecule has 0 bridgehead atoms. The number of ether oxygens (including phenoxy) is 1. The van der Waals surface area contributed by atoms with E-state index in [1.807, 2.05) is 27.0 Å². The highest BCUT2D eigenvalue weighted by Gasteiger charge is 2.39. The van der Waals surface area contributed by atoms with E-state index in [1.54, 1.807) is 0 Å². The molecule has 2 heterocycles. The van der Waals surface area contributed by atoms with Crippen LogP contribution >= 0.6 is 0 Å². The molecule has 1 fully saturated rings. The quantitative estimate of drug-likeness (QED) is 0.888. The van der Waals surface area contributed by atoms with E-state index in [9.17, 15) is 4.79 Å². The van der Waals surface area contributed by atoms with Gasteiger partial charge in [-0.05, 0) is 44.5 Å². The first-order valence-electron chi connectivity index (χ1n) is 7.25. The van der Waals surface area contributed by atoms with Crippen LogP contribution in [0.25, 0.3) is 0 Å². The number of nitrogens with one attached hydrogen (secondary N) is 2. The number of carbonyl (C=O) groups excluding carboxylic acids is 1.